The van der Waals surface area contributed by atoms with Gasteiger partial charge in [-0.25, -0.2) is 9.79 Å². The van der Waals surface area contributed by atoms with Crippen molar-refractivity contribution in [2.24, 2.45) is 4.99 Å². The van der Waals surface area contributed by atoms with Crippen LogP contribution in [-0.2, 0) is 9.53 Å². The van der Waals surface area contributed by atoms with E-state index < -0.39 is 12.0 Å². The lowest BCUT2D eigenvalue weighted by Crippen LogP contribution is -2.40. The van der Waals surface area contributed by atoms with Crippen LogP contribution in [0.5, 0.6) is 23.0 Å². The zero-order valence-electron chi connectivity index (χ0n) is 23.2. The van der Waals surface area contributed by atoms with E-state index in [2.05, 4.69) is 15.9 Å². The van der Waals surface area contributed by atoms with Gasteiger partial charge in [-0.1, -0.05) is 40.6 Å². The highest BCUT2D eigenvalue weighted by molar-refractivity contribution is 9.10. The highest BCUT2D eigenvalue weighted by atomic mass is 79.9. The second-order valence-electron chi connectivity index (χ2n) is 8.75. The lowest BCUT2D eigenvalue weighted by molar-refractivity contribution is -0.139. The van der Waals surface area contributed by atoms with E-state index in [1.165, 1.54) is 11.3 Å². The number of nitrogens with zero attached hydrogens (tertiary/aromatic N) is 2. The quantitative estimate of drug-likeness (QED) is 0.307. The van der Waals surface area contributed by atoms with Gasteiger partial charge >= 0.3 is 5.97 Å². The molecule has 4 rings (SSSR count). The SMILES string of the molecule is CCCC1=C(C(=O)OCC)[C@@H](c2cc(Br)ccc2OC)n2c(s/c(=C/c3cc(OC)c(OC)cc3OC)c2=O)=N1. The zero-order chi connectivity index (χ0) is 29.0. The third kappa shape index (κ3) is 5.53. The van der Waals surface area contributed by atoms with Crippen molar-refractivity contribution in [3.05, 3.63) is 76.9 Å². The molecule has 1 atom stereocenters. The molecule has 2 aromatic carbocycles. The Morgan fingerprint density at radius 2 is 1.68 bits per heavy atom. The van der Waals surface area contributed by atoms with Crippen molar-refractivity contribution in [2.45, 2.75) is 32.7 Å². The van der Waals surface area contributed by atoms with Gasteiger partial charge in [-0.05, 0) is 43.7 Å². The van der Waals surface area contributed by atoms with Crippen LogP contribution < -0.4 is 33.8 Å². The first-order chi connectivity index (χ1) is 19.3. The van der Waals surface area contributed by atoms with Gasteiger partial charge in [0.2, 0.25) is 0 Å². The van der Waals surface area contributed by atoms with E-state index in [9.17, 15) is 9.59 Å². The first kappa shape index (κ1) is 29.4. The summed E-state index contributed by atoms with van der Waals surface area (Å²) in [5.74, 6) is 1.52. The number of allylic oxidation sites excluding steroid dienone is 1. The monoisotopic (exact) mass is 630 g/mol. The van der Waals surface area contributed by atoms with Crippen molar-refractivity contribution in [2.75, 3.05) is 35.0 Å². The summed E-state index contributed by atoms with van der Waals surface area (Å²) in [6, 6.07) is 8.14. The molecular weight excluding hydrogens is 600 g/mol. The minimum atomic E-state index is -0.807. The first-order valence-electron chi connectivity index (χ1n) is 12.7. The molecule has 212 valence electrons. The minimum Gasteiger partial charge on any atom is -0.496 e. The molecule has 9 nitrogen and oxygen atoms in total. The zero-order valence-corrected chi connectivity index (χ0v) is 25.6. The number of hydrogen-bond acceptors (Lipinski definition) is 9. The third-order valence-corrected chi connectivity index (χ3v) is 7.88. The highest BCUT2D eigenvalue weighted by Crippen LogP contribution is 2.39. The Morgan fingerprint density at radius 3 is 2.30 bits per heavy atom. The average Bonchev–Trinajstić information content (AvgIpc) is 3.26. The van der Waals surface area contributed by atoms with E-state index in [0.717, 1.165) is 10.9 Å². The summed E-state index contributed by atoms with van der Waals surface area (Å²) in [5.41, 5.74) is 1.86. The van der Waals surface area contributed by atoms with Crippen molar-refractivity contribution in [1.82, 2.24) is 4.57 Å². The Bertz CT molecular complexity index is 1640. The van der Waals surface area contributed by atoms with E-state index in [-0.39, 0.29) is 12.2 Å². The number of thiazole rings is 1. The molecule has 0 fully saturated rings. The van der Waals surface area contributed by atoms with Crippen LogP contribution in [0.3, 0.4) is 0 Å². The first-order valence-corrected chi connectivity index (χ1v) is 14.3. The third-order valence-electron chi connectivity index (χ3n) is 6.40. The number of aromatic nitrogens is 1. The molecule has 0 saturated heterocycles. The van der Waals surface area contributed by atoms with E-state index in [1.807, 2.05) is 19.1 Å². The molecule has 1 aliphatic rings. The topological polar surface area (TPSA) is 97.6 Å². The number of methoxy groups -OCH3 is 4. The number of rotatable bonds is 10. The molecule has 1 aliphatic heterocycles. The van der Waals surface area contributed by atoms with Crippen LogP contribution in [0.2, 0.25) is 0 Å². The van der Waals surface area contributed by atoms with E-state index in [0.29, 0.717) is 61.1 Å². The van der Waals surface area contributed by atoms with Crippen molar-refractivity contribution in [3.8, 4) is 23.0 Å². The van der Waals surface area contributed by atoms with Gasteiger partial charge in [0, 0.05) is 21.7 Å². The lowest BCUT2D eigenvalue weighted by Gasteiger charge is -2.27. The van der Waals surface area contributed by atoms with Gasteiger partial charge in [-0.15, -0.1) is 0 Å². The fraction of sp³-hybridized carbons (Fsp3) is 0.345. The summed E-state index contributed by atoms with van der Waals surface area (Å²) >= 11 is 4.77. The van der Waals surface area contributed by atoms with E-state index >= 15 is 0 Å². The number of hydrogen-bond donors (Lipinski definition) is 0. The van der Waals surface area contributed by atoms with E-state index in [4.69, 9.17) is 28.7 Å². The summed E-state index contributed by atoms with van der Waals surface area (Å²) in [4.78, 5) is 32.8. The van der Waals surface area contributed by atoms with Gasteiger partial charge in [0.25, 0.3) is 5.56 Å². The van der Waals surface area contributed by atoms with Crippen LogP contribution >= 0.6 is 27.3 Å². The fourth-order valence-corrected chi connectivity index (χ4v) is 6.03. The maximum Gasteiger partial charge on any atom is 0.338 e. The molecule has 40 heavy (non-hydrogen) atoms. The molecule has 1 aromatic heterocycles. The fourth-order valence-electron chi connectivity index (χ4n) is 4.64. The number of benzene rings is 2. The number of fused-ring (bicyclic) bond motifs is 1. The number of esters is 1. The Labute approximate surface area is 244 Å². The second kappa shape index (κ2) is 12.7. The molecule has 3 aromatic rings. The minimum absolute atomic E-state index is 0.188. The summed E-state index contributed by atoms with van der Waals surface area (Å²) in [7, 11) is 6.18. The van der Waals surface area contributed by atoms with Gasteiger partial charge in [-0.3, -0.25) is 9.36 Å². The molecule has 2 heterocycles. The van der Waals surface area contributed by atoms with Gasteiger partial charge in [0.1, 0.15) is 17.5 Å². The predicted octanol–water partition coefficient (Wildman–Crippen LogP) is 4.38. The van der Waals surface area contributed by atoms with Crippen molar-refractivity contribution in [3.63, 3.8) is 0 Å². The predicted molar refractivity (Wildman–Crippen MR) is 156 cm³/mol. The van der Waals surface area contributed by atoms with Gasteiger partial charge in [-0.2, -0.15) is 0 Å². The largest absolute Gasteiger partial charge is 0.496 e. The van der Waals surface area contributed by atoms with E-state index in [1.54, 1.807) is 64.2 Å². The molecule has 0 bridgehead atoms. The Morgan fingerprint density at radius 1 is 1.00 bits per heavy atom. The molecule has 0 spiro atoms. The van der Waals surface area contributed by atoms with Crippen LogP contribution in [0.1, 0.15) is 43.9 Å². The normalized spacial score (nSPS) is 14.9. The molecule has 0 unspecified atom stereocenters. The summed E-state index contributed by atoms with van der Waals surface area (Å²) in [5, 5.41) is 0. The average molecular weight is 632 g/mol. The van der Waals surface area contributed by atoms with Crippen LogP contribution in [0, 0.1) is 0 Å². The Hall–Kier alpha value is -3.57. The summed E-state index contributed by atoms with van der Waals surface area (Å²) < 4.78 is 30.3. The molecule has 0 radical (unpaired) electrons. The number of halogens is 1. The van der Waals surface area contributed by atoms with Crippen molar-refractivity contribution >= 4 is 39.3 Å². The molecular formula is C29H31BrN2O7S. The Kier molecular flexibility index (Phi) is 9.36. The molecule has 0 aliphatic carbocycles. The van der Waals surface area contributed by atoms with Crippen molar-refractivity contribution in [1.29, 1.82) is 0 Å². The standard InChI is InChI=1S/C29H31BrN2O7S/c1-7-9-19-25(28(34)39-8-2)26(18-14-17(30)10-11-20(18)35-3)32-27(33)24(40-29(32)31-19)13-16-12-22(37-5)23(38-6)15-21(16)36-4/h10-15,26H,7-9H2,1-6H3/b24-13+/t26-/m1/s1. The highest BCUT2D eigenvalue weighted by Gasteiger charge is 2.36. The van der Waals surface area contributed by atoms with Gasteiger partial charge in [0.15, 0.2) is 16.3 Å². The van der Waals surface area contributed by atoms with Crippen LogP contribution in [0.25, 0.3) is 6.08 Å². The van der Waals surface area contributed by atoms with Gasteiger partial charge in [0.05, 0.1) is 50.8 Å². The van der Waals surface area contributed by atoms with Crippen LogP contribution in [-0.4, -0.2) is 45.6 Å². The van der Waals surface area contributed by atoms with Gasteiger partial charge < -0.3 is 23.7 Å². The molecule has 0 saturated carbocycles. The molecule has 11 heteroatoms. The lowest BCUT2D eigenvalue weighted by atomic mass is 9.93. The summed E-state index contributed by atoms with van der Waals surface area (Å²) in [6.07, 6.45) is 3.02. The van der Waals surface area contributed by atoms with Crippen LogP contribution in [0.15, 0.2) is 55.9 Å². The van der Waals surface area contributed by atoms with Crippen LogP contribution in [0.4, 0.5) is 0 Å². The number of carbonyl (C=O) groups excluding carboxylic acids is 1. The maximum atomic E-state index is 14.1. The smallest absolute Gasteiger partial charge is 0.338 e. The molecule has 0 N–H and O–H groups in total. The summed E-state index contributed by atoms with van der Waals surface area (Å²) in [6.45, 7) is 3.95. The Balaban J connectivity index is 2.06. The molecule has 0 amide bonds. The maximum absolute atomic E-state index is 14.1. The number of carbonyl (C=O) groups is 1. The second-order valence-corrected chi connectivity index (χ2v) is 10.7. The number of ether oxygens (including phenoxy) is 5. The van der Waals surface area contributed by atoms with Crippen molar-refractivity contribution < 1.29 is 28.5 Å².